The van der Waals surface area contributed by atoms with Gasteiger partial charge in [-0.1, -0.05) is 0 Å². The molecule has 0 saturated carbocycles. The average Bonchev–Trinajstić information content (AvgIpc) is 2.26. The second kappa shape index (κ2) is 7.68. The van der Waals surface area contributed by atoms with E-state index in [0.29, 0.717) is 0 Å². The van der Waals surface area contributed by atoms with Gasteiger partial charge in [0.2, 0.25) is 10.0 Å². The van der Waals surface area contributed by atoms with Crippen LogP contribution in [0.15, 0.2) is 0 Å². The summed E-state index contributed by atoms with van der Waals surface area (Å²) < 4.78 is 64.3. The number of nitrogens with zero attached hydrogens (tertiary/aromatic N) is 1. The minimum Gasteiger partial charge on any atom is -0.469 e. The first-order valence-corrected chi connectivity index (χ1v) is 7.27. The zero-order valence-corrected chi connectivity index (χ0v) is 11.7. The molecule has 0 atom stereocenters. The highest BCUT2D eigenvalue weighted by Gasteiger charge is 2.28. The first-order chi connectivity index (χ1) is 8.58. The van der Waals surface area contributed by atoms with Crippen LogP contribution in [0.3, 0.4) is 0 Å². The van der Waals surface area contributed by atoms with Crippen molar-refractivity contribution in [3.8, 4) is 0 Å². The summed E-state index contributed by atoms with van der Waals surface area (Å²) in [5.41, 5.74) is 0. The molecule has 0 aromatic carbocycles. The smallest absolute Gasteiger partial charge is 0.389 e. The van der Waals surface area contributed by atoms with E-state index < -0.39 is 40.8 Å². The van der Waals surface area contributed by atoms with E-state index in [9.17, 15) is 26.4 Å². The molecule has 0 heterocycles. The Morgan fingerprint density at radius 1 is 1.26 bits per heavy atom. The number of hydrogen-bond donors (Lipinski definition) is 0. The molecule has 0 rings (SSSR count). The molecule has 0 fully saturated rings. The van der Waals surface area contributed by atoms with Crippen LogP contribution in [0.4, 0.5) is 13.2 Å². The Balaban J connectivity index is 4.07. The lowest BCUT2D eigenvalue weighted by atomic mass is 10.3. The van der Waals surface area contributed by atoms with Gasteiger partial charge in [0.15, 0.2) is 0 Å². The molecule has 0 amide bonds. The maximum atomic E-state index is 11.9. The van der Waals surface area contributed by atoms with Crippen molar-refractivity contribution in [2.24, 2.45) is 0 Å². The Morgan fingerprint density at radius 3 is 2.32 bits per heavy atom. The summed E-state index contributed by atoms with van der Waals surface area (Å²) in [6.45, 7) is 0.0729. The van der Waals surface area contributed by atoms with Crippen molar-refractivity contribution in [2.45, 2.75) is 31.9 Å². The second-order valence-corrected chi connectivity index (χ2v) is 6.23. The maximum Gasteiger partial charge on any atom is 0.389 e. The van der Waals surface area contributed by atoms with Gasteiger partial charge in [0.25, 0.3) is 0 Å². The predicted octanol–water partition coefficient (Wildman–Crippen LogP) is 1.54. The molecule has 0 aliphatic carbocycles. The van der Waals surface area contributed by atoms with Gasteiger partial charge in [-0.05, 0) is 12.8 Å². The van der Waals surface area contributed by atoms with Gasteiger partial charge >= 0.3 is 12.1 Å². The van der Waals surface area contributed by atoms with Crippen molar-refractivity contribution in [3.05, 3.63) is 0 Å². The van der Waals surface area contributed by atoms with Gasteiger partial charge < -0.3 is 4.74 Å². The minimum atomic E-state index is -4.35. The molecule has 0 spiro atoms. The Kier molecular flexibility index (Phi) is 7.35. The molecule has 0 unspecified atom stereocenters. The highest BCUT2D eigenvalue weighted by Crippen LogP contribution is 2.21. The maximum absolute atomic E-state index is 11.9. The Labute approximate surface area is 110 Å². The SMILES string of the molecule is COC(=O)CCCN(C)S(=O)(=O)CCCC(F)(F)F. The van der Waals surface area contributed by atoms with E-state index in [1.54, 1.807) is 0 Å². The summed E-state index contributed by atoms with van der Waals surface area (Å²) in [4.78, 5) is 10.8. The van der Waals surface area contributed by atoms with Gasteiger partial charge in [-0.25, -0.2) is 12.7 Å². The highest BCUT2D eigenvalue weighted by molar-refractivity contribution is 7.89. The number of alkyl halides is 3. The number of ether oxygens (including phenoxy) is 1. The third-order valence-corrected chi connectivity index (χ3v) is 4.36. The number of carbonyl (C=O) groups excluding carboxylic acids is 1. The van der Waals surface area contributed by atoms with E-state index in [2.05, 4.69) is 4.74 Å². The predicted molar refractivity (Wildman–Crippen MR) is 63.0 cm³/mol. The van der Waals surface area contributed by atoms with Crippen LogP contribution < -0.4 is 0 Å². The summed E-state index contributed by atoms with van der Waals surface area (Å²) in [7, 11) is -1.21. The van der Waals surface area contributed by atoms with Gasteiger partial charge in [0.1, 0.15) is 0 Å². The van der Waals surface area contributed by atoms with Crippen LogP contribution in [-0.2, 0) is 19.6 Å². The minimum absolute atomic E-state index is 0.0684. The van der Waals surface area contributed by atoms with Crippen LogP contribution in [-0.4, -0.2) is 51.3 Å². The normalized spacial score (nSPS) is 12.7. The quantitative estimate of drug-likeness (QED) is 0.638. The molecule has 9 heteroatoms. The van der Waals surface area contributed by atoms with Crippen LogP contribution in [0, 0.1) is 0 Å². The van der Waals surface area contributed by atoms with Crippen LogP contribution in [0.2, 0.25) is 0 Å². The Morgan fingerprint density at radius 2 is 1.84 bits per heavy atom. The number of methoxy groups -OCH3 is 1. The number of esters is 1. The summed E-state index contributed by atoms with van der Waals surface area (Å²) in [6.07, 6.45) is -5.60. The van der Waals surface area contributed by atoms with Gasteiger partial charge in [0.05, 0.1) is 12.9 Å². The summed E-state index contributed by atoms with van der Waals surface area (Å²) in [5.74, 6) is -1.01. The number of sulfonamides is 1. The van der Waals surface area contributed by atoms with Crippen molar-refractivity contribution in [2.75, 3.05) is 26.5 Å². The average molecular weight is 305 g/mol. The number of rotatable bonds is 8. The molecule has 114 valence electrons. The van der Waals surface area contributed by atoms with E-state index in [0.717, 1.165) is 4.31 Å². The van der Waals surface area contributed by atoms with Crippen molar-refractivity contribution in [1.29, 1.82) is 0 Å². The van der Waals surface area contributed by atoms with Crippen molar-refractivity contribution < 1.29 is 31.1 Å². The third-order valence-electron chi connectivity index (χ3n) is 2.42. The van der Waals surface area contributed by atoms with Gasteiger partial charge in [-0.3, -0.25) is 4.79 Å². The summed E-state index contributed by atoms with van der Waals surface area (Å²) in [5, 5.41) is 0. The van der Waals surface area contributed by atoms with Gasteiger partial charge in [0, 0.05) is 26.4 Å². The zero-order chi connectivity index (χ0) is 15.1. The topological polar surface area (TPSA) is 63.7 Å². The fraction of sp³-hybridized carbons (Fsp3) is 0.900. The van der Waals surface area contributed by atoms with E-state index in [1.165, 1.54) is 14.2 Å². The molecule has 0 aromatic heterocycles. The standard InChI is InChI=1S/C10H18F3NO4S/c1-14(7-3-5-9(15)18-2)19(16,17)8-4-6-10(11,12)13/h3-8H2,1-2H3. The molecule has 0 aromatic rings. The first-order valence-electron chi connectivity index (χ1n) is 5.66. The second-order valence-electron chi connectivity index (χ2n) is 4.04. The third kappa shape index (κ3) is 8.82. The molecule has 5 nitrogen and oxygen atoms in total. The fourth-order valence-corrected chi connectivity index (χ4v) is 2.53. The molecule has 0 aliphatic rings. The van der Waals surface area contributed by atoms with E-state index in [-0.39, 0.29) is 19.4 Å². The lowest BCUT2D eigenvalue weighted by Crippen LogP contribution is -2.31. The number of carbonyl (C=O) groups is 1. The monoisotopic (exact) mass is 305 g/mol. The molecular formula is C10H18F3NO4S. The molecule has 0 radical (unpaired) electrons. The summed E-state index contributed by atoms with van der Waals surface area (Å²) >= 11 is 0. The zero-order valence-electron chi connectivity index (χ0n) is 10.9. The van der Waals surface area contributed by atoms with Crippen molar-refractivity contribution >= 4 is 16.0 Å². The highest BCUT2D eigenvalue weighted by atomic mass is 32.2. The lowest BCUT2D eigenvalue weighted by molar-refractivity contribution is -0.140. The summed E-state index contributed by atoms with van der Waals surface area (Å²) in [6, 6.07) is 0. The van der Waals surface area contributed by atoms with Gasteiger partial charge in [-0.2, -0.15) is 13.2 Å². The fourth-order valence-electron chi connectivity index (χ4n) is 1.30. The molecule has 19 heavy (non-hydrogen) atoms. The lowest BCUT2D eigenvalue weighted by Gasteiger charge is -2.17. The van der Waals surface area contributed by atoms with E-state index in [1.807, 2.05) is 0 Å². The van der Waals surface area contributed by atoms with E-state index in [4.69, 9.17) is 0 Å². The first kappa shape index (κ1) is 18.2. The number of hydrogen-bond acceptors (Lipinski definition) is 4. The molecule has 0 aliphatic heterocycles. The largest absolute Gasteiger partial charge is 0.469 e. The molecular weight excluding hydrogens is 287 g/mol. The van der Waals surface area contributed by atoms with Crippen LogP contribution in [0.1, 0.15) is 25.7 Å². The van der Waals surface area contributed by atoms with Crippen LogP contribution in [0.5, 0.6) is 0 Å². The van der Waals surface area contributed by atoms with E-state index >= 15 is 0 Å². The molecule has 0 N–H and O–H groups in total. The van der Waals surface area contributed by atoms with Crippen molar-refractivity contribution in [1.82, 2.24) is 4.31 Å². The number of halogens is 3. The Bertz CT molecular complexity index is 381. The Hall–Kier alpha value is -0.830. The van der Waals surface area contributed by atoms with Gasteiger partial charge in [-0.15, -0.1) is 0 Å². The molecule has 0 saturated heterocycles. The van der Waals surface area contributed by atoms with Crippen molar-refractivity contribution in [3.63, 3.8) is 0 Å². The van der Waals surface area contributed by atoms with Crippen LogP contribution in [0.25, 0.3) is 0 Å². The molecule has 0 bridgehead atoms. The van der Waals surface area contributed by atoms with Crippen LogP contribution >= 0.6 is 0 Å².